The Balaban J connectivity index is 1.52. The Labute approximate surface area is 145 Å². The number of amides is 2. The zero-order valence-corrected chi connectivity index (χ0v) is 13.5. The van der Waals surface area contributed by atoms with Crippen LogP contribution < -0.4 is 10.6 Å². The summed E-state index contributed by atoms with van der Waals surface area (Å²) in [6.07, 6.45) is 3.98. The van der Waals surface area contributed by atoms with Crippen molar-refractivity contribution in [1.29, 1.82) is 0 Å². The summed E-state index contributed by atoms with van der Waals surface area (Å²) in [5.41, 5.74) is 1.98. The van der Waals surface area contributed by atoms with E-state index in [1.807, 2.05) is 12.1 Å². The lowest BCUT2D eigenvalue weighted by atomic mass is 10.0. The predicted molar refractivity (Wildman–Crippen MR) is 90.1 cm³/mol. The third-order valence-corrected chi connectivity index (χ3v) is 4.08. The van der Waals surface area contributed by atoms with Crippen LogP contribution in [-0.4, -0.2) is 34.7 Å². The molecule has 0 radical (unpaired) electrons. The first-order valence-corrected chi connectivity index (χ1v) is 8.01. The molecule has 2 atom stereocenters. The second-order valence-electron chi connectivity index (χ2n) is 5.80. The molecule has 130 valence electrons. The molecule has 1 aromatic carbocycles. The molecule has 7 heteroatoms. The highest BCUT2D eigenvalue weighted by molar-refractivity contribution is 5.87. The lowest BCUT2D eigenvalue weighted by molar-refractivity contribution is 0.0697. The molecule has 1 aromatic heterocycles. The van der Waals surface area contributed by atoms with Gasteiger partial charge in [-0.05, 0) is 30.2 Å². The first-order valence-electron chi connectivity index (χ1n) is 8.01. The maximum absolute atomic E-state index is 12.1. The Morgan fingerprint density at radius 3 is 2.72 bits per heavy atom. The van der Waals surface area contributed by atoms with Crippen LogP contribution >= 0.6 is 0 Å². The van der Waals surface area contributed by atoms with Gasteiger partial charge in [0.1, 0.15) is 6.10 Å². The number of nitrogens with zero attached hydrogens (tertiary/aromatic N) is 1. The van der Waals surface area contributed by atoms with Crippen molar-refractivity contribution in [2.24, 2.45) is 0 Å². The highest BCUT2D eigenvalue weighted by atomic mass is 16.5. The van der Waals surface area contributed by atoms with E-state index in [1.54, 1.807) is 24.5 Å². The van der Waals surface area contributed by atoms with Gasteiger partial charge in [-0.25, -0.2) is 9.59 Å². The van der Waals surface area contributed by atoms with Gasteiger partial charge in [-0.15, -0.1) is 0 Å². The topological polar surface area (TPSA) is 101 Å². The normalized spacial score (nSPS) is 19.4. The van der Waals surface area contributed by atoms with Crippen molar-refractivity contribution >= 4 is 12.0 Å². The van der Waals surface area contributed by atoms with Gasteiger partial charge < -0.3 is 20.5 Å². The average molecular weight is 341 g/mol. The van der Waals surface area contributed by atoms with Gasteiger partial charge in [0.05, 0.1) is 11.6 Å². The molecular weight excluding hydrogens is 322 g/mol. The number of aromatic nitrogens is 1. The molecule has 0 unspecified atom stereocenters. The van der Waals surface area contributed by atoms with E-state index in [0.717, 1.165) is 17.5 Å². The van der Waals surface area contributed by atoms with E-state index in [2.05, 4.69) is 15.6 Å². The van der Waals surface area contributed by atoms with Crippen molar-refractivity contribution < 1.29 is 19.4 Å². The van der Waals surface area contributed by atoms with Crippen LogP contribution in [0.5, 0.6) is 0 Å². The second kappa shape index (κ2) is 7.76. The van der Waals surface area contributed by atoms with Crippen LogP contribution in [0.25, 0.3) is 0 Å². The van der Waals surface area contributed by atoms with Crippen LogP contribution in [0.15, 0.2) is 48.8 Å². The number of pyridine rings is 1. The van der Waals surface area contributed by atoms with Gasteiger partial charge in [0.15, 0.2) is 0 Å². The quantitative estimate of drug-likeness (QED) is 0.773. The zero-order chi connectivity index (χ0) is 17.6. The van der Waals surface area contributed by atoms with Crippen molar-refractivity contribution in [3.63, 3.8) is 0 Å². The van der Waals surface area contributed by atoms with E-state index in [-0.39, 0.29) is 23.7 Å². The molecule has 1 aliphatic rings. The summed E-state index contributed by atoms with van der Waals surface area (Å²) >= 11 is 0. The minimum Gasteiger partial charge on any atom is -0.478 e. The smallest absolute Gasteiger partial charge is 0.335 e. The molecule has 1 saturated heterocycles. The molecule has 3 rings (SSSR count). The van der Waals surface area contributed by atoms with E-state index >= 15 is 0 Å². The molecule has 2 aromatic rings. The Kier molecular flexibility index (Phi) is 5.25. The molecule has 2 heterocycles. The monoisotopic (exact) mass is 341 g/mol. The molecule has 1 aliphatic heterocycles. The van der Waals surface area contributed by atoms with Crippen molar-refractivity contribution in [3.8, 4) is 0 Å². The molecule has 0 spiro atoms. The summed E-state index contributed by atoms with van der Waals surface area (Å²) in [4.78, 5) is 27.0. The second-order valence-corrected chi connectivity index (χ2v) is 5.80. The van der Waals surface area contributed by atoms with Gasteiger partial charge in [-0.3, -0.25) is 4.98 Å². The number of hydrogen-bond acceptors (Lipinski definition) is 4. The van der Waals surface area contributed by atoms with Crippen LogP contribution in [0.2, 0.25) is 0 Å². The van der Waals surface area contributed by atoms with Gasteiger partial charge >= 0.3 is 12.0 Å². The third-order valence-electron chi connectivity index (χ3n) is 4.08. The molecule has 0 bridgehead atoms. The summed E-state index contributed by atoms with van der Waals surface area (Å²) in [7, 11) is 0. The highest BCUT2D eigenvalue weighted by Gasteiger charge is 2.30. The van der Waals surface area contributed by atoms with E-state index in [4.69, 9.17) is 9.84 Å². The zero-order valence-electron chi connectivity index (χ0n) is 13.5. The summed E-state index contributed by atoms with van der Waals surface area (Å²) in [6, 6.07) is 9.77. The molecule has 3 N–H and O–H groups in total. The molecular formula is C18H19N3O4. The predicted octanol–water partition coefficient (Wildman–Crippen LogP) is 2.11. The number of aromatic carboxylic acids is 1. The first-order chi connectivity index (χ1) is 12.1. The van der Waals surface area contributed by atoms with E-state index in [9.17, 15) is 9.59 Å². The fourth-order valence-corrected chi connectivity index (χ4v) is 2.78. The van der Waals surface area contributed by atoms with Gasteiger partial charge in [-0.1, -0.05) is 18.2 Å². The number of benzene rings is 1. The third kappa shape index (κ3) is 4.33. The van der Waals surface area contributed by atoms with Crippen molar-refractivity contribution in [2.45, 2.75) is 25.1 Å². The Morgan fingerprint density at radius 2 is 2.04 bits per heavy atom. The van der Waals surface area contributed by atoms with E-state index in [0.29, 0.717) is 13.2 Å². The average Bonchev–Trinajstić information content (AvgIpc) is 3.09. The minimum atomic E-state index is -0.972. The lowest BCUT2D eigenvalue weighted by Crippen LogP contribution is -2.43. The number of carboxylic acids is 1. The Hall–Kier alpha value is -2.93. The lowest BCUT2D eigenvalue weighted by Gasteiger charge is -2.20. The number of urea groups is 1. The minimum absolute atomic E-state index is 0.112. The van der Waals surface area contributed by atoms with Gasteiger partial charge in [0.25, 0.3) is 0 Å². The van der Waals surface area contributed by atoms with E-state index < -0.39 is 5.97 Å². The molecule has 2 amide bonds. The largest absolute Gasteiger partial charge is 0.478 e. The maximum atomic E-state index is 12.1. The summed E-state index contributed by atoms with van der Waals surface area (Å²) in [5.74, 6) is -0.972. The number of carbonyl (C=O) groups excluding carboxylic acids is 1. The van der Waals surface area contributed by atoms with E-state index in [1.165, 1.54) is 12.1 Å². The van der Waals surface area contributed by atoms with Crippen LogP contribution in [0.1, 0.15) is 34.0 Å². The van der Waals surface area contributed by atoms with Gasteiger partial charge in [-0.2, -0.15) is 0 Å². The molecule has 7 nitrogen and oxygen atoms in total. The summed E-state index contributed by atoms with van der Waals surface area (Å²) in [5, 5.41) is 14.6. The van der Waals surface area contributed by atoms with Crippen LogP contribution in [0, 0.1) is 0 Å². The Bertz CT molecular complexity index is 734. The summed E-state index contributed by atoms with van der Waals surface area (Å²) < 4.78 is 5.71. The Morgan fingerprint density at radius 1 is 1.24 bits per heavy atom. The summed E-state index contributed by atoms with van der Waals surface area (Å²) in [6.45, 7) is 0.901. The van der Waals surface area contributed by atoms with Crippen LogP contribution in [-0.2, 0) is 11.3 Å². The molecule has 0 saturated carbocycles. The van der Waals surface area contributed by atoms with Crippen molar-refractivity contribution in [3.05, 3.63) is 65.5 Å². The first kappa shape index (κ1) is 16.9. The SMILES string of the molecule is O=C(NCc1ccc(C(=O)O)cc1)N[C@H]1CCO[C@@H]1c1cccnc1. The number of nitrogens with one attached hydrogen (secondary N) is 2. The van der Waals surface area contributed by atoms with Gasteiger partial charge in [0, 0.05) is 31.1 Å². The number of hydrogen-bond donors (Lipinski definition) is 3. The highest BCUT2D eigenvalue weighted by Crippen LogP contribution is 2.28. The van der Waals surface area contributed by atoms with Gasteiger partial charge in [0.2, 0.25) is 0 Å². The number of carboxylic acid groups (broad SMARTS) is 1. The number of carbonyl (C=O) groups is 2. The van der Waals surface area contributed by atoms with Crippen molar-refractivity contribution in [2.75, 3.05) is 6.61 Å². The number of rotatable bonds is 5. The number of ether oxygens (including phenoxy) is 1. The molecule has 1 fully saturated rings. The van der Waals surface area contributed by atoms with Crippen molar-refractivity contribution in [1.82, 2.24) is 15.6 Å². The standard InChI is InChI=1S/C18H19N3O4/c22-17(23)13-5-3-12(4-6-13)10-20-18(24)21-15-7-9-25-16(15)14-2-1-8-19-11-14/h1-6,8,11,15-16H,7,9-10H2,(H,22,23)(H2,20,21,24)/t15-,16+/m0/s1. The fraction of sp³-hybridized carbons (Fsp3) is 0.278. The van der Waals surface area contributed by atoms with Crippen LogP contribution in [0.4, 0.5) is 4.79 Å². The fourth-order valence-electron chi connectivity index (χ4n) is 2.78. The maximum Gasteiger partial charge on any atom is 0.335 e. The molecule has 0 aliphatic carbocycles. The van der Waals surface area contributed by atoms with Crippen LogP contribution in [0.3, 0.4) is 0 Å². The molecule has 25 heavy (non-hydrogen) atoms.